The van der Waals surface area contributed by atoms with Crippen LogP contribution in [0.5, 0.6) is 0 Å². The second kappa shape index (κ2) is 7.41. The molecule has 2 aliphatic rings. The van der Waals surface area contributed by atoms with E-state index in [-0.39, 0.29) is 18.1 Å². The molecule has 2 rings (SSSR count). The van der Waals surface area contributed by atoms with Crippen LogP contribution in [0.1, 0.15) is 59.3 Å². The van der Waals surface area contributed by atoms with Crippen LogP contribution in [0.3, 0.4) is 0 Å². The van der Waals surface area contributed by atoms with E-state index in [9.17, 15) is 4.79 Å². The third-order valence-electron chi connectivity index (χ3n) is 4.59. The number of nitrogens with zero attached hydrogens (tertiary/aromatic N) is 1. The lowest BCUT2D eigenvalue weighted by molar-refractivity contribution is -0.131. The van der Waals surface area contributed by atoms with Gasteiger partial charge in [0.15, 0.2) is 0 Å². The number of carbonyl (C=O) groups is 1. The Bertz CT molecular complexity index is 314. The molecule has 1 N–H and O–H groups in total. The first-order chi connectivity index (χ1) is 9.63. The third kappa shape index (κ3) is 3.73. The van der Waals surface area contributed by atoms with Gasteiger partial charge in [-0.2, -0.15) is 0 Å². The highest BCUT2D eigenvalue weighted by Gasteiger charge is 2.38. The van der Waals surface area contributed by atoms with Crippen LogP contribution in [-0.4, -0.2) is 42.3 Å². The van der Waals surface area contributed by atoms with Gasteiger partial charge in [-0.1, -0.05) is 40.0 Å². The summed E-state index contributed by atoms with van der Waals surface area (Å²) >= 11 is 0. The van der Waals surface area contributed by atoms with Crippen molar-refractivity contribution in [3.05, 3.63) is 0 Å². The second-order valence-electron chi connectivity index (χ2n) is 6.47. The van der Waals surface area contributed by atoms with Gasteiger partial charge in [-0.25, -0.2) is 0 Å². The Morgan fingerprint density at radius 3 is 2.60 bits per heavy atom. The molecule has 1 aliphatic heterocycles. The molecule has 116 valence electrons. The van der Waals surface area contributed by atoms with Crippen LogP contribution < -0.4 is 5.32 Å². The second-order valence-corrected chi connectivity index (χ2v) is 6.47. The van der Waals surface area contributed by atoms with Crippen molar-refractivity contribution in [2.24, 2.45) is 5.92 Å². The van der Waals surface area contributed by atoms with E-state index in [4.69, 9.17) is 4.74 Å². The summed E-state index contributed by atoms with van der Waals surface area (Å²) in [7, 11) is 0. The minimum absolute atomic E-state index is 0.0189. The average molecular weight is 282 g/mol. The summed E-state index contributed by atoms with van der Waals surface area (Å²) < 4.78 is 5.96. The molecule has 2 unspecified atom stereocenters. The molecule has 0 radical (unpaired) electrons. The predicted octanol–water partition coefficient (Wildman–Crippen LogP) is 2.53. The fraction of sp³-hybridized carbons (Fsp3) is 0.938. The van der Waals surface area contributed by atoms with Crippen molar-refractivity contribution in [3.63, 3.8) is 0 Å². The molecule has 2 atom stereocenters. The smallest absolute Gasteiger partial charge is 0.241 e. The van der Waals surface area contributed by atoms with Crippen molar-refractivity contribution in [1.29, 1.82) is 0 Å². The zero-order valence-electron chi connectivity index (χ0n) is 13.2. The van der Waals surface area contributed by atoms with E-state index in [0.29, 0.717) is 18.6 Å². The van der Waals surface area contributed by atoms with Crippen molar-refractivity contribution in [2.75, 3.05) is 13.2 Å². The Labute approximate surface area is 123 Å². The van der Waals surface area contributed by atoms with E-state index < -0.39 is 0 Å². The van der Waals surface area contributed by atoms with E-state index >= 15 is 0 Å². The molecule has 4 nitrogen and oxygen atoms in total. The van der Waals surface area contributed by atoms with E-state index in [1.54, 1.807) is 0 Å². The molecule has 0 bridgehead atoms. The van der Waals surface area contributed by atoms with Crippen LogP contribution in [0, 0.1) is 5.92 Å². The number of rotatable bonds is 6. The van der Waals surface area contributed by atoms with Gasteiger partial charge >= 0.3 is 0 Å². The molecular formula is C16H30N2O2. The average Bonchev–Trinajstić information content (AvgIpc) is 2.77. The fourth-order valence-corrected chi connectivity index (χ4v) is 3.33. The zero-order chi connectivity index (χ0) is 14.5. The fourth-order valence-electron chi connectivity index (χ4n) is 3.33. The van der Waals surface area contributed by atoms with Gasteiger partial charge in [-0.15, -0.1) is 0 Å². The highest BCUT2D eigenvalue weighted by atomic mass is 16.5. The minimum atomic E-state index is -0.0189. The van der Waals surface area contributed by atoms with Gasteiger partial charge < -0.3 is 9.64 Å². The first-order valence-electron chi connectivity index (χ1n) is 8.31. The lowest BCUT2D eigenvalue weighted by Crippen LogP contribution is -2.39. The first kappa shape index (κ1) is 15.8. The maximum Gasteiger partial charge on any atom is 0.241 e. The zero-order valence-corrected chi connectivity index (χ0v) is 13.2. The molecule has 20 heavy (non-hydrogen) atoms. The SMILES string of the molecule is CCC1NC(C(C)C)C(=O)N1CCOC1CCCCC1. The summed E-state index contributed by atoms with van der Waals surface area (Å²) in [5.74, 6) is 0.597. The molecule has 1 amide bonds. The van der Waals surface area contributed by atoms with E-state index in [1.165, 1.54) is 32.1 Å². The molecule has 1 saturated heterocycles. The van der Waals surface area contributed by atoms with E-state index in [1.807, 2.05) is 4.90 Å². The van der Waals surface area contributed by atoms with Crippen LogP contribution in [-0.2, 0) is 9.53 Å². The summed E-state index contributed by atoms with van der Waals surface area (Å²) in [5, 5.41) is 3.45. The van der Waals surface area contributed by atoms with Gasteiger partial charge in [0.1, 0.15) is 0 Å². The van der Waals surface area contributed by atoms with Crippen LogP contribution in [0.15, 0.2) is 0 Å². The van der Waals surface area contributed by atoms with Crippen molar-refractivity contribution in [3.8, 4) is 0 Å². The molecule has 0 aromatic heterocycles. The Kier molecular flexibility index (Phi) is 5.85. The van der Waals surface area contributed by atoms with Crippen LogP contribution in [0.25, 0.3) is 0 Å². The van der Waals surface area contributed by atoms with Gasteiger partial charge in [0.25, 0.3) is 0 Å². The van der Waals surface area contributed by atoms with Crippen LogP contribution in [0.2, 0.25) is 0 Å². The number of hydrogen-bond acceptors (Lipinski definition) is 3. The third-order valence-corrected chi connectivity index (χ3v) is 4.59. The highest BCUT2D eigenvalue weighted by Crippen LogP contribution is 2.21. The summed E-state index contributed by atoms with van der Waals surface area (Å²) in [6, 6.07) is -0.0189. The van der Waals surface area contributed by atoms with Gasteiger partial charge in [0.2, 0.25) is 5.91 Å². The first-order valence-corrected chi connectivity index (χ1v) is 8.31. The Morgan fingerprint density at radius 1 is 1.30 bits per heavy atom. The summed E-state index contributed by atoms with van der Waals surface area (Å²) in [6.45, 7) is 7.74. The Morgan fingerprint density at radius 2 is 2.00 bits per heavy atom. The summed E-state index contributed by atoms with van der Waals surface area (Å²) in [6.07, 6.45) is 7.89. The number of nitrogens with one attached hydrogen (secondary N) is 1. The number of carbonyl (C=O) groups excluding carboxylic acids is 1. The lowest BCUT2D eigenvalue weighted by atomic mass is 9.98. The summed E-state index contributed by atoms with van der Waals surface area (Å²) in [5.41, 5.74) is 0. The Balaban J connectivity index is 1.79. The van der Waals surface area contributed by atoms with Crippen molar-refractivity contribution in [2.45, 2.75) is 77.6 Å². The molecule has 0 aromatic carbocycles. The number of hydrogen-bond donors (Lipinski definition) is 1. The van der Waals surface area contributed by atoms with Crippen LogP contribution >= 0.6 is 0 Å². The molecule has 4 heteroatoms. The topological polar surface area (TPSA) is 41.6 Å². The highest BCUT2D eigenvalue weighted by molar-refractivity contribution is 5.84. The van der Waals surface area contributed by atoms with Gasteiger partial charge in [-0.3, -0.25) is 10.1 Å². The summed E-state index contributed by atoms with van der Waals surface area (Å²) in [4.78, 5) is 14.4. The number of ether oxygens (including phenoxy) is 1. The molecule has 2 fully saturated rings. The van der Waals surface area contributed by atoms with Crippen molar-refractivity contribution >= 4 is 5.91 Å². The van der Waals surface area contributed by atoms with E-state index in [2.05, 4.69) is 26.1 Å². The molecule has 0 spiro atoms. The molecule has 1 heterocycles. The van der Waals surface area contributed by atoms with Gasteiger partial charge in [0, 0.05) is 6.54 Å². The van der Waals surface area contributed by atoms with Gasteiger partial charge in [0.05, 0.1) is 24.9 Å². The monoisotopic (exact) mass is 282 g/mol. The standard InChI is InChI=1S/C16H30N2O2/c1-4-14-17-15(12(2)3)16(19)18(14)10-11-20-13-8-6-5-7-9-13/h12-15,17H,4-11H2,1-3H3. The van der Waals surface area contributed by atoms with Crippen molar-refractivity contribution in [1.82, 2.24) is 10.2 Å². The molecule has 0 aromatic rings. The normalized spacial score (nSPS) is 28.6. The minimum Gasteiger partial charge on any atom is -0.376 e. The molecule has 1 saturated carbocycles. The molecular weight excluding hydrogens is 252 g/mol. The maximum atomic E-state index is 12.4. The van der Waals surface area contributed by atoms with E-state index in [0.717, 1.165) is 13.0 Å². The van der Waals surface area contributed by atoms with Crippen molar-refractivity contribution < 1.29 is 9.53 Å². The largest absolute Gasteiger partial charge is 0.376 e. The number of amides is 1. The van der Waals surface area contributed by atoms with Crippen LogP contribution in [0.4, 0.5) is 0 Å². The lowest BCUT2D eigenvalue weighted by Gasteiger charge is -2.26. The van der Waals surface area contributed by atoms with Gasteiger partial charge in [-0.05, 0) is 25.2 Å². The quantitative estimate of drug-likeness (QED) is 0.814. The predicted molar refractivity (Wildman–Crippen MR) is 80.4 cm³/mol. The Hall–Kier alpha value is -0.610. The maximum absolute atomic E-state index is 12.4. The molecule has 1 aliphatic carbocycles.